The minimum atomic E-state index is 0.819. The molecule has 98 valence electrons. The normalized spacial score (nSPS) is 21.6. The highest BCUT2D eigenvalue weighted by atomic mass is 16.5. The molecule has 0 aromatic carbocycles. The van der Waals surface area contributed by atoms with Crippen LogP contribution in [0.25, 0.3) is 0 Å². The first-order valence-electron chi connectivity index (χ1n) is 7.01. The standard InChI is InChI=1S/C14H26N2O/c1-17-12-13-6-10-16(11-7-13)9-3-2-8-15-14-4-5-14/h6,14-15H,2-5,7-12H2,1H3. The van der Waals surface area contributed by atoms with Crippen LogP contribution in [-0.4, -0.2) is 50.8 Å². The van der Waals surface area contributed by atoms with E-state index in [2.05, 4.69) is 16.3 Å². The summed E-state index contributed by atoms with van der Waals surface area (Å²) in [4.78, 5) is 2.55. The average Bonchev–Trinajstić information content (AvgIpc) is 3.15. The van der Waals surface area contributed by atoms with E-state index in [9.17, 15) is 0 Å². The monoisotopic (exact) mass is 238 g/mol. The molecular formula is C14H26N2O. The average molecular weight is 238 g/mol. The fraction of sp³-hybridized carbons (Fsp3) is 0.857. The number of ether oxygens (including phenoxy) is 1. The fourth-order valence-corrected chi connectivity index (χ4v) is 2.33. The first kappa shape index (κ1) is 13.1. The van der Waals surface area contributed by atoms with Gasteiger partial charge in [-0.3, -0.25) is 4.90 Å². The summed E-state index contributed by atoms with van der Waals surface area (Å²) in [6.45, 7) is 5.62. The lowest BCUT2D eigenvalue weighted by molar-refractivity contribution is 0.211. The number of nitrogens with one attached hydrogen (secondary N) is 1. The molecule has 1 N–H and O–H groups in total. The third kappa shape index (κ3) is 5.19. The Labute approximate surface area is 105 Å². The Balaban J connectivity index is 1.48. The molecule has 0 aromatic heterocycles. The Hall–Kier alpha value is -0.380. The lowest BCUT2D eigenvalue weighted by Crippen LogP contribution is -2.31. The van der Waals surface area contributed by atoms with Crippen molar-refractivity contribution in [1.29, 1.82) is 0 Å². The van der Waals surface area contributed by atoms with Gasteiger partial charge in [0.15, 0.2) is 0 Å². The predicted octanol–water partition coefficient (Wildman–Crippen LogP) is 1.80. The van der Waals surface area contributed by atoms with Crippen molar-refractivity contribution in [2.45, 2.75) is 38.1 Å². The molecule has 0 unspecified atom stereocenters. The Morgan fingerprint density at radius 2 is 2.29 bits per heavy atom. The minimum Gasteiger partial charge on any atom is -0.380 e. The molecule has 1 heterocycles. The second-order valence-corrected chi connectivity index (χ2v) is 5.28. The minimum absolute atomic E-state index is 0.819. The number of hydrogen-bond acceptors (Lipinski definition) is 3. The molecule has 2 aliphatic rings. The molecule has 0 radical (unpaired) electrons. The van der Waals surface area contributed by atoms with Gasteiger partial charge in [0.1, 0.15) is 0 Å². The molecule has 17 heavy (non-hydrogen) atoms. The molecule has 0 saturated heterocycles. The van der Waals surface area contributed by atoms with Gasteiger partial charge >= 0.3 is 0 Å². The van der Waals surface area contributed by atoms with Gasteiger partial charge in [-0.25, -0.2) is 0 Å². The maximum Gasteiger partial charge on any atom is 0.0673 e. The highest BCUT2D eigenvalue weighted by Crippen LogP contribution is 2.18. The van der Waals surface area contributed by atoms with E-state index in [1.165, 1.54) is 57.3 Å². The molecule has 1 fully saturated rings. The van der Waals surface area contributed by atoms with Gasteiger partial charge in [0.25, 0.3) is 0 Å². The SMILES string of the molecule is COCC1=CCN(CCCCNC2CC2)CC1. The maximum absolute atomic E-state index is 5.16. The van der Waals surface area contributed by atoms with E-state index in [0.717, 1.165) is 19.2 Å². The van der Waals surface area contributed by atoms with Crippen LogP contribution in [0.5, 0.6) is 0 Å². The number of hydrogen-bond donors (Lipinski definition) is 1. The summed E-state index contributed by atoms with van der Waals surface area (Å²) in [6.07, 6.45) is 8.98. The van der Waals surface area contributed by atoms with Gasteiger partial charge in [0, 0.05) is 26.2 Å². The molecule has 3 nitrogen and oxygen atoms in total. The van der Waals surface area contributed by atoms with Crippen molar-refractivity contribution < 1.29 is 4.74 Å². The fourth-order valence-electron chi connectivity index (χ4n) is 2.33. The van der Waals surface area contributed by atoms with E-state index in [1.54, 1.807) is 7.11 Å². The van der Waals surface area contributed by atoms with Crippen molar-refractivity contribution in [3.8, 4) is 0 Å². The van der Waals surface area contributed by atoms with Crippen LogP contribution in [0.15, 0.2) is 11.6 Å². The third-order valence-corrected chi connectivity index (χ3v) is 3.63. The summed E-state index contributed by atoms with van der Waals surface area (Å²) < 4.78 is 5.16. The van der Waals surface area contributed by atoms with Gasteiger partial charge in [0.2, 0.25) is 0 Å². The van der Waals surface area contributed by atoms with E-state index in [1.807, 2.05) is 0 Å². The van der Waals surface area contributed by atoms with Crippen LogP contribution in [-0.2, 0) is 4.74 Å². The maximum atomic E-state index is 5.16. The molecule has 2 rings (SSSR count). The molecule has 0 bridgehead atoms. The first-order chi connectivity index (χ1) is 8.38. The summed E-state index contributed by atoms with van der Waals surface area (Å²) in [5.74, 6) is 0. The zero-order valence-corrected chi connectivity index (χ0v) is 11.1. The number of rotatable bonds is 8. The van der Waals surface area contributed by atoms with Crippen LogP contribution >= 0.6 is 0 Å². The van der Waals surface area contributed by atoms with Crippen LogP contribution in [0.1, 0.15) is 32.1 Å². The van der Waals surface area contributed by atoms with Gasteiger partial charge in [-0.1, -0.05) is 6.08 Å². The molecule has 3 heteroatoms. The largest absolute Gasteiger partial charge is 0.380 e. The van der Waals surface area contributed by atoms with E-state index < -0.39 is 0 Å². The molecular weight excluding hydrogens is 212 g/mol. The smallest absolute Gasteiger partial charge is 0.0673 e. The molecule has 1 aliphatic carbocycles. The number of nitrogens with zero attached hydrogens (tertiary/aromatic N) is 1. The van der Waals surface area contributed by atoms with Crippen molar-refractivity contribution in [3.05, 3.63) is 11.6 Å². The highest BCUT2D eigenvalue weighted by molar-refractivity contribution is 5.07. The predicted molar refractivity (Wildman–Crippen MR) is 71.3 cm³/mol. The first-order valence-corrected chi connectivity index (χ1v) is 7.01. The summed E-state index contributed by atoms with van der Waals surface area (Å²) in [5.41, 5.74) is 1.47. The second kappa shape index (κ2) is 7.14. The van der Waals surface area contributed by atoms with Gasteiger partial charge in [-0.2, -0.15) is 0 Å². The van der Waals surface area contributed by atoms with Crippen LogP contribution in [0.2, 0.25) is 0 Å². The van der Waals surface area contributed by atoms with Gasteiger partial charge < -0.3 is 10.1 Å². The van der Waals surface area contributed by atoms with E-state index in [0.29, 0.717) is 0 Å². The van der Waals surface area contributed by atoms with Crippen LogP contribution < -0.4 is 5.32 Å². The van der Waals surface area contributed by atoms with Crippen molar-refractivity contribution >= 4 is 0 Å². The molecule has 0 amide bonds. The molecule has 0 aromatic rings. The molecule has 1 aliphatic heterocycles. The lowest BCUT2D eigenvalue weighted by Gasteiger charge is -2.26. The number of unbranched alkanes of at least 4 members (excludes halogenated alkanes) is 1. The Kier molecular flexibility index (Phi) is 5.49. The van der Waals surface area contributed by atoms with Crippen LogP contribution in [0, 0.1) is 0 Å². The Bertz CT molecular complexity index is 249. The molecule has 0 atom stereocenters. The number of methoxy groups -OCH3 is 1. The molecule has 1 saturated carbocycles. The summed E-state index contributed by atoms with van der Waals surface area (Å²) in [7, 11) is 1.78. The van der Waals surface area contributed by atoms with Crippen molar-refractivity contribution in [2.75, 3.05) is 39.9 Å². The second-order valence-electron chi connectivity index (χ2n) is 5.28. The Morgan fingerprint density at radius 3 is 2.94 bits per heavy atom. The summed E-state index contributed by atoms with van der Waals surface area (Å²) in [6, 6.07) is 0.865. The van der Waals surface area contributed by atoms with Gasteiger partial charge in [-0.05, 0) is 50.8 Å². The van der Waals surface area contributed by atoms with Crippen molar-refractivity contribution in [2.24, 2.45) is 0 Å². The topological polar surface area (TPSA) is 24.5 Å². The van der Waals surface area contributed by atoms with E-state index in [-0.39, 0.29) is 0 Å². The lowest BCUT2D eigenvalue weighted by atomic mass is 10.1. The zero-order valence-electron chi connectivity index (χ0n) is 11.1. The van der Waals surface area contributed by atoms with Crippen molar-refractivity contribution in [1.82, 2.24) is 10.2 Å². The van der Waals surface area contributed by atoms with E-state index >= 15 is 0 Å². The van der Waals surface area contributed by atoms with E-state index in [4.69, 9.17) is 4.74 Å². The van der Waals surface area contributed by atoms with Crippen LogP contribution in [0.4, 0.5) is 0 Å². The summed E-state index contributed by atoms with van der Waals surface area (Å²) >= 11 is 0. The quantitative estimate of drug-likeness (QED) is 0.515. The third-order valence-electron chi connectivity index (χ3n) is 3.63. The highest BCUT2D eigenvalue weighted by Gasteiger charge is 2.19. The van der Waals surface area contributed by atoms with Crippen LogP contribution in [0.3, 0.4) is 0 Å². The van der Waals surface area contributed by atoms with Crippen molar-refractivity contribution in [3.63, 3.8) is 0 Å². The summed E-state index contributed by atoms with van der Waals surface area (Å²) in [5, 5.41) is 3.57. The zero-order chi connectivity index (χ0) is 11.9. The Morgan fingerprint density at radius 1 is 1.41 bits per heavy atom. The van der Waals surface area contributed by atoms with Gasteiger partial charge in [-0.15, -0.1) is 0 Å². The van der Waals surface area contributed by atoms with Gasteiger partial charge in [0.05, 0.1) is 6.61 Å². The molecule has 0 spiro atoms.